The number of nitrogens with zero attached hydrogens (tertiary/aromatic N) is 3. The molecule has 0 aliphatic heterocycles. The molecule has 1 rings (SSSR count). The van der Waals surface area contributed by atoms with Crippen LogP contribution in [0.25, 0.3) is 0 Å². The first-order valence-electron chi connectivity index (χ1n) is 4.91. The number of alkyl halides is 4. The first-order valence-corrected chi connectivity index (χ1v) is 5.45. The van der Waals surface area contributed by atoms with Crippen LogP contribution in [0, 0.1) is 5.92 Å². The van der Waals surface area contributed by atoms with E-state index in [1.807, 2.05) is 13.8 Å². The van der Waals surface area contributed by atoms with Crippen molar-refractivity contribution in [2.75, 3.05) is 0 Å². The lowest BCUT2D eigenvalue weighted by Crippen LogP contribution is -2.17. The molecule has 3 nitrogen and oxygen atoms in total. The summed E-state index contributed by atoms with van der Waals surface area (Å²) in [5.41, 5.74) is -1.04. The van der Waals surface area contributed by atoms with Gasteiger partial charge in [0.25, 0.3) is 0 Å². The molecule has 0 aromatic carbocycles. The van der Waals surface area contributed by atoms with Crippen LogP contribution in [0.15, 0.2) is 0 Å². The Morgan fingerprint density at radius 1 is 1.38 bits per heavy atom. The predicted octanol–water partition coefficient (Wildman–Crippen LogP) is 3.08. The van der Waals surface area contributed by atoms with Crippen molar-refractivity contribution in [1.82, 2.24) is 15.0 Å². The van der Waals surface area contributed by atoms with Crippen molar-refractivity contribution >= 4 is 11.6 Å². The Kier molecular flexibility index (Phi) is 4.18. The van der Waals surface area contributed by atoms with Gasteiger partial charge in [0.15, 0.2) is 5.69 Å². The first-order chi connectivity index (χ1) is 7.36. The molecule has 0 atom stereocenters. The highest BCUT2D eigenvalue weighted by Crippen LogP contribution is 2.31. The van der Waals surface area contributed by atoms with Gasteiger partial charge in [-0.1, -0.05) is 19.1 Å². The number of hydrogen-bond donors (Lipinski definition) is 0. The zero-order chi connectivity index (χ0) is 12.3. The quantitative estimate of drug-likeness (QED) is 0.774. The van der Waals surface area contributed by atoms with Crippen LogP contribution in [0.5, 0.6) is 0 Å². The molecule has 0 saturated carbocycles. The van der Waals surface area contributed by atoms with Crippen molar-refractivity contribution in [2.45, 2.75) is 38.9 Å². The van der Waals surface area contributed by atoms with E-state index in [2.05, 4.69) is 10.3 Å². The van der Waals surface area contributed by atoms with Gasteiger partial charge in [0, 0.05) is 6.54 Å². The van der Waals surface area contributed by atoms with E-state index in [-0.39, 0.29) is 18.1 Å². The molecule has 0 saturated heterocycles. The van der Waals surface area contributed by atoms with E-state index >= 15 is 0 Å². The van der Waals surface area contributed by atoms with Gasteiger partial charge in [-0.25, -0.2) is 4.68 Å². The molecular weight excluding hydrogens is 243 g/mol. The highest BCUT2D eigenvalue weighted by atomic mass is 35.5. The zero-order valence-electron chi connectivity index (χ0n) is 9.05. The summed E-state index contributed by atoms with van der Waals surface area (Å²) in [5.74, 6) is 0.0287. The summed E-state index contributed by atoms with van der Waals surface area (Å²) in [7, 11) is 0. The lowest BCUT2D eigenvalue weighted by Gasteiger charge is -2.11. The Morgan fingerprint density at radius 2 is 2.00 bits per heavy atom. The molecule has 1 heterocycles. The summed E-state index contributed by atoms with van der Waals surface area (Å²) in [6, 6.07) is 0. The average Bonchev–Trinajstić information content (AvgIpc) is 2.56. The Hall–Kier alpha value is -0.780. The molecule has 0 fully saturated rings. The zero-order valence-corrected chi connectivity index (χ0v) is 9.81. The topological polar surface area (TPSA) is 30.7 Å². The predicted molar refractivity (Wildman–Crippen MR) is 54.0 cm³/mol. The molecule has 0 radical (unpaired) electrons. The second-order valence-corrected chi connectivity index (χ2v) is 4.19. The van der Waals surface area contributed by atoms with E-state index in [9.17, 15) is 13.2 Å². The maximum Gasteiger partial charge on any atom is 0.434 e. The molecule has 0 aliphatic rings. The van der Waals surface area contributed by atoms with Crippen LogP contribution in [-0.2, 0) is 18.6 Å². The normalized spacial score (nSPS) is 12.4. The largest absolute Gasteiger partial charge is 0.434 e. The second kappa shape index (κ2) is 5.03. The van der Waals surface area contributed by atoms with Crippen molar-refractivity contribution in [3.63, 3.8) is 0 Å². The van der Waals surface area contributed by atoms with E-state index in [1.54, 1.807) is 0 Å². The Morgan fingerprint density at radius 3 is 2.44 bits per heavy atom. The number of rotatable bonds is 4. The third kappa shape index (κ3) is 3.10. The van der Waals surface area contributed by atoms with E-state index in [0.717, 1.165) is 4.68 Å². The van der Waals surface area contributed by atoms with E-state index < -0.39 is 11.9 Å². The Bertz CT molecular complexity index is 346. The summed E-state index contributed by atoms with van der Waals surface area (Å²) in [6.07, 6.45) is -3.83. The van der Waals surface area contributed by atoms with Crippen molar-refractivity contribution in [3.8, 4) is 0 Å². The number of aryl methyl sites for hydroxylation is 1. The molecule has 1 aromatic rings. The molecular formula is C9H13ClF3N3. The average molecular weight is 256 g/mol. The van der Waals surface area contributed by atoms with Gasteiger partial charge in [-0.2, -0.15) is 13.2 Å². The highest BCUT2D eigenvalue weighted by molar-refractivity contribution is 6.16. The van der Waals surface area contributed by atoms with Crippen LogP contribution in [0.1, 0.15) is 31.7 Å². The molecule has 0 bridgehead atoms. The van der Waals surface area contributed by atoms with Gasteiger partial charge in [-0.15, -0.1) is 16.7 Å². The van der Waals surface area contributed by atoms with Gasteiger partial charge in [0.2, 0.25) is 0 Å². The molecule has 0 aliphatic carbocycles. The first kappa shape index (κ1) is 13.3. The van der Waals surface area contributed by atoms with E-state index in [4.69, 9.17) is 11.6 Å². The number of aromatic nitrogens is 3. The Balaban J connectivity index is 2.96. The van der Waals surface area contributed by atoms with Gasteiger partial charge >= 0.3 is 6.18 Å². The second-order valence-electron chi connectivity index (χ2n) is 3.92. The molecule has 7 heteroatoms. The summed E-state index contributed by atoms with van der Waals surface area (Å²) < 4.78 is 39.0. The number of hydrogen-bond acceptors (Lipinski definition) is 2. The van der Waals surface area contributed by atoms with Crippen molar-refractivity contribution in [2.24, 2.45) is 5.92 Å². The minimum absolute atomic E-state index is 0.205. The summed E-state index contributed by atoms with van der Waals surface area (Å²) in [5, 5.41) is 6.93. The van der Waals surface area contributed by atoms with Crippen molar-refractivity contribution in [3.05, 3.63) is 11.4 Å². The van der Waals surface area contributed by atoms with E-state index in [0.29, 0.717) is 12.3 Å². The lowest BCUT2D eigenvalue weighted by molar-refractivity contribution is -0.144. The molecule has 0 unspecified atom stereocenters. The fraction of sp³-hybridized carbons (Fsp3) is 0.778. The van der Waals surface area contributed by atoms with Gasteiger partial charge in [0.1, 0.15) is 5.69 Å². The third-order valence-corrected chi connectivity index (χ3v) is 2.37. The van der Waals surface area contributed by atoms with Crippen LogP contribution < -0.4 is 0 Å². The molecule has 0 spiro atoms. The number of halogens is 4. The molecule has 16 heavy (non-hydrogen) atoms. The van der Waals surface area contributed by atoms with Gasteiger partial charge in [0.05, 0.1) is 5.88 Å². The fourth-order valence-corrected chi connectivity index (χ4v) is 1.47. The third-order valence-electron chi connectivity index (χ3n) is 2.12. The minimum Gasteiger partial charge on any atom is -0.240 e. The maximum atomic E-state index is 12.7. The van der Waals surface area contributed by atoms with Crippen LogP contribution >= 0.6 is 11.6 Å². The van der Waals surface area contributed by atoms with Gasteiger partial charge in [-0.3, -0.25) is 0 Å². The summed E-state index contributed by atoms with van der Waals surface area (Å²) in [4.78, 5) is 0. The van der Waals surface area contributed by atoms with E-state index in [1.165, 1.54) is 0 Å². The molecule has 0 amide bonds. The van der Waals surface area contributed by atoms with Crippen LogP contribution in [0.4, 0.5) is 13.2 Å². The van der Waals surface area contributed by atoms with Crippen LogP contribution in [-0.4, -0.2) is 15.0 Å². The van der Waals surface area contributed by atoms with Crippen LogP contribution in [0.2, 0.25) is 0 Å². The highest BCUT2D eigenvalue weighted by Gasteiger charge is 2.38. The Labute approximate surface area is 96.6 Å². The lowest BCUT2D eigenvalue weighted by atomic mass is 10.1. The van der Waals surface area contributed by atoms with Gasteiger partial charge < -0.3 is 0 Å². The van der Waals surface area contributed by atoms with Crippen molar-refractivity contribution < 1.29 is 13.2 Å². The molecule has 0 N–H and O–H groups in total. The monoisotopic (exact) mass is 255 g/mol. The minimum atomic E-state index is -4.45. The van der Waals surface area contributed by atoms with Gasteiger partial charge in [-0.05, 0) is 12.3 Å². The SMILES string of the molecule is CC(C)CCn1nnc(CCl)c1C(F)(F)F. The fourth-order valence-electron chi connectivity index (χ4n) is 1.29. The summed E-state index contributed by atoms with van der Waals surface area (Å²) in [6.45, 7) is 4.08. The smallest absolute Gasteiger partial charge is 0.240 e. The summed E-state index contributed by atoms with van der Waals surface area (Å²) >= 11 is 5.40. The standard InChI is InChI=1S/C9H13ClF3N3/c1-6(2)3-4-16-8(9(11,12)13)7(5-10)14-15-16/h6H,3-5H2,1-2H3. The molecule has 1 aromatic heterocycles. The van der Waals surface area contributed by atoms with Crippen molar-refractivity contribution in [1.29, 1.82) is 0 Å². The maximum absolute atomic E-state index is 12.7. The van der Waals surface area contributed by atoms with Crippen LogP contribution in [0.3, 0.4) is 0 Å². The molecule has 92 valence electrons.